The quantitative estimate of drug-likeness (QED) is 0.432. The molecule has 0 aliphatic heterocycles. The first kappa shape index (κ1) is 20.8. The van der Waals surface area contributed by atoms with Crippen LogP contribution in [0.3, 0.4) is 0 Å². The number of nitrogens with one attached hydrogen (secondary N) is 1. The lowest BCUT2D eigenvalue weighted by atomic mass is 10.3. The van der Waals surface area contributed by atoms with Crippen molar-refractivity contribution in [1.82, 2.24) is 4.90 Å². The number of nitro groups is 1. The maximum atomic E-state index is 12.5. The zero-order valence-corrected chi connectivity index (χ0v) is 16.7. The summed E-state index contributed by atoms with van der Waals surface area (Å²) in [5.74, 6) is -0.219. The van der Waals surface area contributed by atoms with Gasteiger partial charge in [0.25, 0.3) is 10.9 Å². The summed E-state index contributed by atoms with van der Waals surface area (Å²) >= 11 is 2.34. The van der Waals surface area contributed by atoms with Crippen molar-refractivity contribution in [1.29, 1.82) is 0 Å². The lowest BCUT2D eigenvalue weighted by Gasteiger charge is -2.15. The second-order valence-corrected chi connectivity index (χ2v) is 8.17. The lowest BCUT2D eigenvalue weighted by Crippen LogP contribution is -2.23. The van der Waals surface area contributed by atoms with Gasteiger partial charge >= 0.3 is 0 Å². The first-order valence-corrected chi connectivity index (χ1v) is 9.67. The number of carbonyl (C=O) groups is 2. The fourth-order valence-electron chi connectivity index (χ4n) is 1.98. The van der Waals surface area contributed by atoms with E-state index in [1.165, 1.54) is 28.8 Å². The fraction of sp³-hybridized carbons (Fsp3) is 0.222. The molecule has 0 fully saturated rings. The maximum absolute atomic E-state index is 12.5. The molecule has 1 N–H and O–H groups in total. The molecule has 0 heterocycles. The highest BCUT2D eigenvalue weighted by molar-refractivity contribution is 8.13. The van der Waals surface area contributed by atoms with Gasteiger partial charge in [0.05, 0.1) is 15.9 Å². The van der Waals surface area contributed by atoms with Crippen molar-refractivity contribution in [2.45, 2.75) is 22.0 Å². The molecule has 2 rings (SSSR count). The lowest BCUT2D eigenvalue weighted by molar-refractivity contribution is -0.384. The van der Waals surface area contributed by atoms with Gasteiger partial charge in [0.2, 0.25) is 5.91 Å². The topological polar surface area (TPSA) is 92.5 Å². The third-order valence-corrected chi connectivity index (χ3v) is 5.66. The van der Waals surface area contributed by atoms with Gasteiger partial charge in [0.15, 0.2) is 0 Å². The van der Waals surface area contributed by atoms with Gasteiger partial charge in [0, 0.05) is 36.0 Å². The van der Waals surface area contributed by atoms with Gasteiger partial charge in [-0.15, -0.1) is 11.8 Å². The molecule has 0 spiro atoms. The van der Waals surface area contributed by atoms with Crippen molar-refractivity contribution < 1.29 is 14.5 Å². The van der Waals surface area contributed by atoms with Crippen molar-refractivity contribution >= 4 is 46.0 Å². The smallest absolute Gasteiger partial charge is 0.286 e. The van der Waals surface area contributed by atoms with Crippen LogP contribution < -0.4 is 5.32 Å². The van der Waals surface area contributed by atoms with E-state index in [0.717, 1.165) is 16.7 Å². The van der Waals surface area contributed by atoms with E-state index in [4.69, 9.17) is 0 Å². The van der Waals surface area contributed by atoms with Gasteiger partial charge in [-0.2, -0.15) is 0 Å². The Morgan fingerprint density at radius 1 is 1.11 bits per heavy atom. The summed E-state index contributed by atoms with van der Waals surface area (Å²) < 4.78 is 0. The van der Waals surface area contributed by atoms with Crippen molar-refractivity contribution in [3.8, 4) is 0 Å². The molecule has 2 amide bonds. The summed E-state index contributed by atoms with van der Waals surface area (Å²) in [6, 6.07) is 13.2. The highest BCUT2D eigenvalue weighted by Crippen LogP contribution is 2.30. The van der Waals surface area contributed by atoms with E-state index in [2.05, 4.69) is 5.32 Å². The number of benzene rings is 2. The zero-order valence-electron chi connectivity index (χ0n) is 15.0. The number of anilines is 1. The molecular formula is C18H19N3O4S2. The van der Waals surface area contributed by atoms with Crippen LogP contribution in [0, 0.1) is 10.1 Å². The average molecular weight is 406 g/mol. The SMILES string of the molecule is CC(Sc1ccc([N+](=O)[O-])cc1)C(=O)Nc1ccccc1SC(=O)N(C)C. The van der Waals surface area contributed by atoms with Crippen molar-refractivity contribution in [3.63, 3.8) is 0 Å². The van der Waals surface area contributed by atoms with Crippen LogP contribution in [-0.2, 0) is 4.79 Å². The Morgan fingerprint density at radius 3 is 2.33 bits per heavy atom. The second kappa shape index (κ2) is 9.43. The number of thioether (sulfide) groups is 2. The number of hydrogen-bond donors (Lipinski definition) is 1. The molecule has 2 aromatic rings. The summed E-state index contributed by atoms with van der Waals surface area (Å²) in [5.41, 5.74) is 0.576. The standard InChI is InChI=1S/C18H19N3O4S2/c1-12(26-14-10-8-13(9-11-14)21(24)25)17(22)19-15-6-4-5-7-16(15)27-18(23)20(2)3/h4-12H,1-3H3,(H,19,22). The number of nitro benzene ring substituents is 1. The third-order valence-electron chi connectivity index (χ3n) is 3.44. The monoisotopic (exact) mass is 405 g/mol. The van der Waals surface area contributed by atoms with E-state index >= 15 is 0 Å². The molecule has 9 heteroatoms. The van der Waals surface area contributed by atoms with Crippen LogP contribution in [0.15, 0.2) is 58.3 Å². The van der Waals surface area contributed by atoms with Crippen molar-refractivity contribution in [2.24, 2.45) is 0 Å². The largest absolute Gasteiger partial charge is 0.339 e. The molecule has 0 aliphatic rings. The Balaban J connectivity index is 2.04. The Hall–Kier alpha value is -2.52. The third kappa shape index (κ3) is 6.00. The minimum atomic E-state index is -0.464. The highest BCUT2D eigenvalue weighted by Gasteiger charge is 2.18. The number of rotatable bonds is 6. The number of amides is 2. The maximum Gasteiger partial charge on any atom is 0.286 e. The molecule has 0 saturated heterocycles. The molecule has 0 bridgehead atoms. The van der Waals surface area contributed by atoms with Crippen LogP contribution in [0.2, 0.25) is 0 Å². The summed E-state index contributed by atoms with van der Waals surface area (Å²) in [6.45, 7) is 1.75. The van der Waals surface area contributed by atoms with E-state index in [9.17, 15) is 19.7 Å². The Bertz CT molecular complexity index is 841. The Morgan fingerprint density at radius 2 is 1.74 bits per heavy atom. The molecule has 0 saturated carbocycles. The number of carbonyl (C=O) groups excluding carboxylic acids is 2. The first-order valence-electron chi connectivity index (χ1n) is 7.98. The van der Waals surface area contributed by atoms with Crippen LogP contribution in [0.25, 0.3) is 0 Å². The number of non-ortho nitro benzene ring substituents is 1. The predicted octanol–water partition coefficient (Wildman–Crippen LogP) is 4.49. The van der Waals surface area contributed by atoms with E-state index in [1.54, 1.807) is 57.4 Å². The Labute approximate surface area is 165 Å². The van der Waals surface area contributed by atoms with Crippen LogP contribution in [0.1, 0.15) is 6.92 Å². The fourth-order valence-corrected chi connectivity index (χ4v) is 3.60. The molecule has 0 radical (unpaired) electrons. The molecule has 1 atom stereocenters. The number of para-hydroxylation sites is 1. The molecule has 2 aromatic carbocycles. The van der Waals surface area contributed by atoms with Crippen LogP contribution >= 0.6 is 23.5 Å². The minimum Gasteiger partial charge on any atom is -0.339 e. The molecule has 0 aliphatic carbocycles. The average Bonchev–Trinajstić information content (AvgIpc) is 2.63. The van der Waals surface area contributed by atoms with Gasteiger partial charge in [-0.1, -0.05) is 12.1 Å². The van der Waals surface area contributed by atoms with E-state index < -0.39 is 10.2 Å². The molecule has 1 unspecified atom stereocenters. The molecule has 7 nitrogen and oxygen atoms in total. The van der Waals surface area contributed by atoms with Crippen molar-refractivity contribution in [3.05, 3.63) is 58.6 Å². The van der Waals surface area contributed by atoms with Crippen LogP contribution in [-0.4, -0.2) is 40.3 Å². The zero-order chi connectivity index (χ0) is 20.0. The van der Waals surface area contributed by atoms with Crippen LogP contribution in [0.4, 0.5) is 16.2 Å². The summed E-state index contributed by atoms with van der Waals surface area (Å²) in [5, 5.41) is 13.0. The summed E-state index contributed by atoms with van der Waals surface area (Å²) in [7, 11) is 3.33. The molecular weight excluding hydrogens is 386 g/mol. The molecule has 27 heavy (non-hydrogen) atoms. The van der Waals surface area contributed by atoms with Crippen LogP contribution in [0.5, 0.6) is 0 Å². The Kier molecular flexibility index (Phi) is 7.26. The van der Waals surface area contributed by atoms with Gasteiger partial charge < -0.3 is 10.2 Å². The highest BCUT2D eigenvalue weighted by atomic mass is 32.2. The van der Waals surface area contributed by atoms with Gasteiger partial charge in [0.1, 0.15) is 0 Å². The predicted molar refractivity (Wildman–Crippen MR) is 108 cm³/mol. The van der Waals surface area contributed by atoms with Crippen molar-refractivity contribution in [2.75, 3.05) is 19.4 Å². The van der Waals surface area contributed by atoms with E-state index in [1.807, 2.05) is 0 Å². The first-order chi connectivity index (χ1) is 12.8. The van der Waals surface area contributed by atoms with Gasteiger partial charge in [-0.25, -0.2) is 0 Å². The second-order valence-electron chi connectivity index (χ2n) is 5.76. The summed E-state index contributed by atoms with van der Waals surface area (Å²) in [6.07, 6.45) is 0. The molecule has 142 valence electrons. The van der Waals surface area contributed by atoms with E-state index in [-0.39, 0.29) is 16.8 Å². The number of nitrogens with zero attached hydrogens (tertiary/aromatic N) is 2. The van der Waals surface area contributed by atoms with E-state index in [0.29, 0.717) is 10.6 Å². The van der Waals surface area contributed by atoms with Gasteiger partial charge in [-0.3, -0.25) is 19.7 Å². The number of hydrogen-bond acceptors (Lipinski definition) is 6. The van der Waals surface area contributed by atoms with Gasteiger partial charge in [-0.05, 0) is 43.0 Å². The summed E-state index contributed by atoms with van der Waals surface area (Å²) in [4.78, 5) is 37.6. The molecule has 0 aromatic heterocycles. The normalized spacial score (nSPS) is 11.5. The minimum absolute atomic E-state index is 0.00738.